The highest BCUT2D eigenvalue weighted by molar-refractivity contribution is 4.73. The first-order valence-corrected chi connectivity index (χ1v) is 4.05. The van der Waals surface area contributed by atoms with Crippen LogP contribution in [0.15, 0.2) is 24.8 Å². The van der Waals surface area contributed by atoms with Crippen LogP contribution in [-0.4, -0.2) is 0 Å². The van der Waals surface area contributed by atoms with Crippen LogP contribution >= 0.6 is 0 Å². The summed E-state index contributed by atoms with van der Waals surface area (Å²) in [5.41, 5.74) is 0. The molecule has 0 saturated heterocycles. The van der Waals surface area contributed by atoms with Crippen LogP contribution in [0.2, 0.25) is 0 Å². The summed E-state index contributed by atoms with van der Waals surface area (Å²) >= 11 is 0. The maximum Gasteiger partial charge on any atom is -0.0356 e. The van der Waals surface area contributed by atoms with E-state index in [9.17, 15) is 0 Å². The molecule has 0 unspecified atom stereocenters. The third kappa shape index (κ3) is 43.8. The molecule has 0 aliphatic carbocycles. The smallest absolute Gasteiger partial charge is 0.0356 e. The van der Waals surface area contributed by atoms with Crippen molar-refractivity contribution in [3.05, 3.63) is 24.8 Å². The Morgan fingerprint density at radius 3 is 1.82 bits per heavy atom. The van der Waals surface area contributed by atoms with Gasteiger partial charge in [-0.15, -0.1) is 6.58 Å². The lowest BCUT2D eigenvalue weighted by atomic mass is 10.3. The molecule has 0 aliphatic rings. The molecule has 0 amide bonds. The van der Waals surface area contributed by atoms with Gasteiger partial charge in [-0.1, -0.05) is 45.9 Å². The summed E-state index contributed by atoms with van der Waals surface area (Å²) in [6.07, 6.45) is 9.65. The topological polar surface area (TPSA) is 0 Å². The zero-order chi connectivity index (χ0) is 8.24. The zero-order valence-electron chi connectivity index (χ0n) is 7.56. The summed E-state index contributed by atoms with van der Waals surface area (Å²) in [7, 11) is 0. The lowest BCUT2D eigenvalue weighted by Gasteiger charge is -1.72. The fourth-order valence-corrected chi connectivity index (χ4v) is 0.440. The molecule has 0 heterocycles. The summed E-state index contributed by atoms with van der Waals surface area (Å²) in [6.45, 7) is 9.85. The van der Waals surface area contributed by atoms with Crippen molar-refractivity contribution < 1.29 is 0 Å². The molecule has 0 N–H and O–H groups in total. The van der Waals surface area contributed by atoms with E-state index >= 15 is 0 Å². The number of rotatable bonds is 3. The van der Waals surface area contributed by atoms with E-state index in [0.717, 1.165) is 12.8 Å². The molecule has 0 atom stereocenters. The monoisotopic (exact) mass is 156 g/mol. The second-order valence-electron chi connectivity index (χ2n) is 2.05. The van der Waals surface area contributed by atoms with Crippen LogP contribution < -0.4 is 0 Å². The van der Waals surface area contributed by atoms with Gasteiger partial charge < -0.3 is 0 Å². The van der Waals surface area contributed by atoms with Crippen molar-refractivity contribution in [2.24, 2.45) is 0 Å². The molecule has 68 valence electrons. The van der Waals surface area contributed by atoms with E-state index in [4.69, 9.17) is 0 Å². The summed E-state index contributed by atoms with van der Waals surface area (Å²) in [4.78, 5) is 0. The third-order valence-corrected chi connectivity index (χ3v) is 0.964. The minimum atomic E-state index is 0. The predicted molar refractivity (Wildman–Crippen MR) is 56.9 cm³/mol. The van der Waals surface area contributed by atoms with Gasteiger partial charge in [-0.05, 0) is 19.8 Å². The van der Waals surface area contributed by atoms with Crippen LogP contribution in [0.3, 0.4) is 0 Å². The quantitative estimate of drug-likeness (QED) is 0.525. The molecule has 0 rings (SSSR count). The van der Waals surface area contributed by atoms with E-state index in [2.05, 4.69) is 32.6 Å². The van der Waals surface area contributed by atoms with Gasteiger partial charge in [0.15, 0.2) is 0 Å². The Morgan fingerprint density at radius 1 is 1.27 bits per heavy atom. The van der Waals surface area contributed by atoms with Crippen molar-refractivity contribution >= 4 is 0 Å². The molecule has 0 aromatic rings. The predicted octanol–water partition coefficient (Wildman–Crippen LogP) is 4.58. The highest BCUT2D eigenvalue weighted by atomic mass is 13.7. The lowest BCUT2D eigenvalue weighted by Crippen LogP contribution is -1.52. The van der Waals surface area contributed by atoms with E-state index in [-0.39, 0.29) is 7.43 Å². The van der Waals surface area contributed by atoms with Crippen LogP contribution in [0.5, 0.6) is 0 Å². The molecule has 0 aliphatic heterocycles. The minimum Gasteiger partial charge on any atom is -0.103 e. The maximum absolute atomic E-state index is 3.55. The van der Waals surface area contributed by atoms with Crippen LogP contribution in [0.4, 0.5) is 0 Å². The van der Waals surface area contributed by atoms with Crippen molar-refractivity contribution in [3.8, 4) is 0 Å². The van der Waals surface area contributed by atoms with Crippen LogP contribution in [0, 0.1) is 0 Å². The fraction of sp³-hybridized carbons (Fsp3) is 0.636. The highest BCUT2D eigenvalue weighted by Gasteiger charge is 1.61. The van der Waals surface area contributed by atoms with Gasteiger partial charge in [0.1, 0.15) is 0 Å². The van der Waals surface area contributed by atoms with E-state index in [1.54, 1.807) is 0 Å². The lowest BCUT2D eigenvalue weighted by molar-refractivity contribution is 0.961. The normalized spacial score (nSPS) is 7.91. The molecule has 0 fully saturated rings. The standard InChI is InChI=1S/2C5H10.CH4/c2*1-3-5-4-2;/h3,5H,4H2,1-2H3;3H,1,4-5H2,2H3;1H4. The Labute approximate surface area is 73.0 Å². The maximum atomic E-state index is 3.55. The van der Waals surface area contributed by atoms with Gasteiger partial charge in [0.05, 0.1) is 0 Å². The second-order valence-corrected chi connectivity index (χ2v) is 2.05. The van der Waals surface area contributed by atoms with Crippen LogP contribution in [0.25, 0.3) is 0 Å². The molecule has 0 heteroatoms. The number of hydrogen-bond acceptors (Lipinski definition) is 0. The SMILES string of the molecule is C.C=CCCC.CC=CCC. The molecular formula is C11H24. The van der Waals surface area contributed by atoms with Gasteiger partial charge in [0, 0.05) is 0 Å². The van der Waals surface area contributed by atoms with E-state index in [1.165, 1.54) is 6.42 Å². The average Bonchev–Trinajstić information content (AvgIpc) is 1.93. The van der Waals surface area contributed by atoms with Gasteiger partial charge in [-0.25, -0.2) is 0 Å². The molecule has 0 aromatic heterocycles. The van der Waals surface area contributed by atoms with Crippen LogP contribution in [0.1, 0.15) is 47.5 Å². The van der Waals surface area contributed by atoms with E-state index in [1.807, 2.05) is 13.0 Å². The molecule has 0 saturated carbocycles. The molecule has 11 heavy (non-hydrogen) atoms. The van der Waals surface area contributed by atoms with Gasteiger partial charge in [-0.3, -0.25) is 0 Å². The first-order chi connectivity index (χ1) is 4.83. The summed E-state index contributed by atoms with van der Waals surface area (Å²) in [5, 5.41) is 0. The van der Waals surface area contributed by atoms with Crippen molar-refractivity contribution in [2.45, 2.75) is 47.5 Å². The Bertz CT molecular complexity index is 70.1. The Hall–Kier alpha value is -0.520. The van der Waals surface area contributed by atoms with Gasteiger partial charge >= 0.3 is 0 Å². The Balaban J connectivity index is -0.000000107. The zero-order valence-corrected chi connectivity index (χ0v) is 7.56. The summed E-state index contributed by atoms with van der Waals surface area (Å²) in [5.74, 6) is 0. The molecule has 0 radical (unpaired) electrons. The molecule has 0 bridgehead atoms. The number of allylic oxidation sites excluding steroid dienone is 3. The van der Waals surface area contributed by atoms with E-state index < -0.39 is 0 Å². The van der Waals surface area contributed by atoms with E-state index in [0.29, 0.717) is 0 Å². The second kappa shape index (κ2) is 22.7. The molecule has 0 nitrogen and oxygen atoms in total. The van der Waals surface area contributed by atoms with Gasteiger partial charge in [-0.2, -0.15) is 0 Å². The average molecular weight is 156 g/mol. The fourth-order valence-electron chi connectivity index (χ4n) is 0.440. The first-order valence-electron chi connectivity index (χ1n) is 4.05. The Kier molecular flexibility index (Phi) is 34.7. The van der Waals surface area contributed by atoms with Crippen LogP contribution in [-0.2, 0) is 0 Å². The van der Waals surface area contributed by atoms with Crippen molar-refractivity contribution in [3.63, 3.8) is 0 Å². The molecule has 0 aromatic carbocycles. The largest absolute Gasteiger partial charge is 0.103 e. The number of hydrogen-bond donors (Lipinski definition) is 0. The van der Waals surface area contributed by atoms with Gasteiger partial charge in [0.25, 0.3) is 0 Å². The first kappa shape index (κ1) is 16.8. The van der Waals surface area contributed by atoms with Gasteiger partial charge in [0.2, 0.25) is 0 Å². The van der Waals surface area contributed by atoms with Crippen molar-refractivity contribution in [1.82, 2.24) is 0 Å². The highest BCUT2D eigenvalue weighted by Crippen LogP contribution is 1.82. The number of unbranched alkanes of at least 4 members (excludes halogenated alkanes) is 1. The summed E-state index contributed by atoms with van der Waals surface area (Å²) in [6, 6.07) is 0. The molecule has 0 spiro atoms. The van der Waals surface area contributed by atoms with Crippen molar-refractivity contribution in [2.75, 3.05) is 0 Å². The minimum absolute atomic E-state index is 0. The summed E-state index contributed by atoms with van der Waals surface area (Å²) < 4.78 is 0. The Morgan fingerprint density at radius 2 is 1.82 bits per heavy atom. The van der Waals surface area contributed by atoms with Crippen molar-refractivity contribution in [1.29, 1.82) is 0 Å². The third-order valence-electron chi connectivity index (χ3n) is 0.964. The molecular weight excluding hydrogens is 132 g/mol.